The van der Waals surface area contributed by atoms with Gasteiger partial charge >= 0.3 is 5.97 Å². The Bertz CT molecular complexity index is 882. The molecule has 0 atom stereocenters. The molecule has 0 aromatic heterocycles. The van der Waals surface area contributed by atoms with Crippen molar-refractivity contribution in [3.8, 4) is 0 Å². The first-order valence-electron chi connectivity index (χ1n) is 7.38. The van der Waals surface area contributed by atoms with E-state index in [9.17, 15) is 17.6 Å². The molecule has 8 heteroatoms. The Morgan fingerprint density at radius 1 is 1.16 bits per heavy atom. The van der Waals surface area contributed by atoms with Crippen molar-refractivity contribution < 1.29 is 22.3 Å². The molecule has 0 aliphatic heterocycles. The van der Waals surface area contributed by atoms with Gasteiger partial charge in [-0.1, -0.05) is 11.6 Å². The summed E-state index contributed by atoms with van der Waals surface area (Å²) in [6, 6.07) is 8.80. The van der Waals surface area contributed by atoms with Crippen molar-refractivity contribution in [3.63, 3.8) is 0 Å². The van der Waals surface area contributed by atoms with Crippen LogP contribution in [0, 0.1) is 5.82 Å². The molecular weight excluding hydrogens is 369 g/mol. The number of hydrogen-bond acceptors (Lipinski definition) is 4. The van der Waals surface area contributed by atoms with Crippen molar-refractivity contribution >= 4 is 33.3 Å². The molecule has 134 valence electrons. The summed E-state index contributed by atoms with van der Waals surface area (Å²) >= 11 is 5.99. The van der Waals surface area contributed by atoms with Gasteiger partial charge < -0.3 is 4.74 Å². The molecule has 0 saturated heterocycles. The molecule has 0 aliphatic rings. The Balaban J connectivity index is 2.42. The van der Waals surface area contributed by atoms with E-state index in [4.69, 9.17) is 16.3 Å². The minimum Gasteiger partial charge on any atom is -0.459 e. The maximum Gasteiger partial charge on any atom is 0.339 e. The summed E-state index contributed by atoms with van der Waals surface area (Å²) in [5, 5.41) is 0.0917. The number of halogens is 2. The highest BCUT2D eigenvalue weighted by Gasteiger charge is 2.24. The minimum absolute atomic E-state index is 0.0380. The molecule has 2 rings (SSSR count). The molecule has 0 aliphatic carbocycles. The smallest absolute Gasteiger partial charge is 0.339 e. The van der Waals surface area contributed by atoms with Crippen molar-refractivity contribution in [1.82, 2.24) is 0 Å². The highest BCUT2D eigenvalue weighted by atomic mass is 35.5. The molecule has 0 saturated carbocycles. The fraction of sp³-hybridized carbons (Fsp3) is 0.235. The van der Waals surface area contributed by atoms with Gasteiger partial charge in [0.25, 0.3) is 10.0 Å². The van der Waals surface area contributed by atoms with Gasteiger partial charge in [0.15, 0.2) is 0 Å². The normalized spacial score (nSPS) is 11.4. The standard InChI is InChI=1S/C17H17ClFNO4S/c1-11(2)24-17(21)15-10-14(8-9-16(15)18)25(22,23)20(3)13-6-4-12(19)5-7-13/h4-11H,1-3H3. The minimum atomic E-state index is -3.96. The molecule has 0 radical (unpaired) electrons. The second-order valence-electron chi connectivity index (χ2n) is 5.54. The average molecular weight is 386 g/mol. The van der Waals surface area contributed by atoms with Gasteiger partial charge in [0.1, 0.15) is 5.82 Å². The number of ether oxygens (including phenoxy) is 1. The van der Waals surface area contributed by atoms with Crippen molar-refractivity contribution in [2.24, 2.45) is 0 Å². The maximum atomic E-state index is 13.0. The lowest BCUT2D eigenvalue weighted by molar-refractivity contribution is 0.0378. The molecule has 2 aromatic carbocycles. The molecular formula is C17H17ClFNO4S. The lowest BCUT2D eigenvalue weighted by atomic mass is 10.2. The molecule has 2 aromatic rings. The fourth-order valence-electron chi connectivity index (χ4n) is 2.05. The highest BCUT2D eigenvalue weighted by molar-refractivity contribution is 7.92. The maximum absolute atomic E-state index is 13.0. The monoisotopic (exact) mass is 385 g/mol. The van der Waals surface area contributed by atoms with Crippen LogP contribution in [-0.4, -0.2) is 27.5 Å². The highest BCUT2D eigenvalue weighted by Crippen LogP contribution is 2.26. The molecule has 0 spiro atoms. The zero-order valence-electron chi connectivity index (χ0n) is 13.9. The third-order valence-corrected chi connectivity index (χ3v) is 5.46. The van der Waals surface area contributed by atoms with Crippen LogP contribution in [0.2, 0.25) is 5.02 Å². The largest absolute Gasteiger partial charge is 0.459 e. The molecule has 25 heavy (non-hydrogen) atoms. The number of carbonyl (C=O) groups excluding carboxylic acids is 1. The molecule has 5 nitrogen and oxygen atoms in total. The Morgan fingerprint density at radius 3 is 2.32 bits per heavy atom. The summed E-state index contributed by atoms with van der Waals surface area (Å²) < 4.78 is 44.6. The number of esters is 1. The van der Waals surface area contributed by atoms with Gasteiger partial charge in [-0.25, -0.2) is 17.6 Å². The topological polar surface area (TPSA) is 63.7 Å². The van der Waals surface area contributed by atoms with Crippen LogP contribution in [0.5, 0.6) is 0 Å². The summed E-state index contributed by atoms with van der Waals surface area (Å²) in [4.78, 5) is 12.0. The van der Waals surface area contributed by atoms with Crippen LogP contribution in [0.15, 0.2) is 47.4 Å². The van der Waals surface area contributed by atoms with E-state index < -0.39 is 21.8 Å². The molecule has 0 amide bonds. The summed E-state index contributed by atoms with van der Waals surface area (Å²) in [6.07, 6.45) is -0.370. The van der Waals surface area contributed by atoms with Crippen molar-refractivity contribution in [2.45, 2.75) is 24.8 Å². The Morgan fingerprint density at radius 2 is 1.76 bits per heavy atom. The van der Waals surface area contributed by atoms with Gasteiger partial charge in [0.05, 0.1) is 27.3 Å². The van der Waals surface area contributed by atoms with Crippen molar-refractivity contribution in [1.29, 1.82) is 0 Å². The third-order valence-electron chi connectivity index (χ3n) is 3.35. The van der Waals surface area contributed by atoms with Crippen LogP contribution in [0.3, 0.4) is 0 Å². The fourth-order valence-corrected chi connectivity index (χ4v) is 3.46. The van der Waals surface area contributed by atoms with E-state index in [0.717, 1.165) is 16.4 Å². The lowest BCUT2D eigenvalue weighted by Crippen LogP contribution is -2.26. The van der Waals surface area contributed by atoms with Crippen LogP contribution in [0.1, 0.15) is 24.2 Å². The van der Waals surface area contributed by atoms with Crippen LogP contribution < -0.4 is 4.31 Å². The first-order valence-corrected chi connectivity index (χ1v) is 9.19. The van der Waals surface area contributed by atoms with E-state index in [2.05, 4.69) is 0 Å². The SMILES string of the molecule is CC(C)OC(=O)c1cc(S(=O)(=O)N(C)c2ccc(F)cc2)ccc1Cl. The van der Waals surface area contributed by atoms with E-state index in [1.807, 2.05) is 0 Å². The van der Waals surface area contributed by atoms with Gasteiger partial charge in [0, 0.05) is 7.05 Å². The Labute approximate surface area is 151 Å². The van der Waals surface area contributed by atoms with Crippen LogP contribution in [-0.2, 0) is 14.8 Å². The van der Waals surface area contributed by atoms with Gasteiger partial charge in [-0.3, -0.25) is 4.31 Å². The van der Waals surface area contributed by atoms with E-state index in [0.29, 0.717) is 0 Å². The summed E-state index contributed by atoms with van der Waals surface area (Å²) in [5.41, 5.74) is 0.242. The number of benzene rings is 2. The van der Waals surface area contributed by atoms with E-state index >= 15 is 0 Å². The summed E-state index contributed by atoms with van der Waals surface area (Å²) in [6.45, 7) is 3.35. The van der Waals surface area contributed by atoms with Gasteiger partial charge in [-0.15, -0.1) is 0 Å². The predicted molar refractivity (Wildman–Crippen MR) is 94.0 cm³/mol. The molecule has 0 N–H and O–H groups in total. The second-order valence-corrected chi connectivity index (χ2v) is 7.92. The first-order chi connectivity index (χ1) is 11.6. The number of hydrogen-bond donors (Lipinski definition) is 0. The van der Waals surface area contributed by atoms with E-state index in [-0.39, 0.29) is 27.3 Å². The van der Waals surface area contributed by atoms with Gasteiger partial charge in [0.2, 0.25) is 0 Å². The number of anilines is 1. The van der Waals surface area contributed by atoms with Gasteiger partial charge in [-0.05, 0) is 56.3 Å². The van der Waals surface area contributed by atoms with Crippen molar-refractivity contribution in [2.75, 3.05) is 11.4 Å². The zero-order chi connectivity index (χ0) is 18.8. The van der Waals surface area contributed by atoms with Crippen LogP contribution in [0.25, 0.3) is 0 Å². The predicted octanol–water partition coefficient (Wildman–Crippen LogP) is 3.87. The lowest BCUT2D eigenvalue weighted by Gasteiger charge is -2.20. The summed E-state index contributed by atoms with van der Waals surface area (Å²) in [7, 11) is -2.63. The zero-order valence-corrected chi connectivity index (χ0v) is 15.4. The summed E-state index contributed by atoms with van der Waals surface area (Å²) in [5.74, 6) is -1.18. The first kappa shape index (κ1) is 19.2. The van der Waals surface area contributed by atoms with Crippen LogP contribution in [0.4, 0.5) is 10.1 Å². The van der Waals surface area contributed by atoms with Crippen LogP contribution >= 0.6 is 11.6 Å². The number of sulfonamides is 1. The molecule has 0 heterocycles. The molecule has 0 bridgehead atoms. The quantitative estimate of drug-likeness (QED) is 0.733. The molecule has 0 unspecified atom stereocenters. The van der Waals surface area contributed by atoms with Gasteiger partial charge in [-0.2, -0.15) is 0 Å². The van der Waals surface area contributed by atoms with Crippen molar-refractivity contribution in [3.05, 3.63) is 58.9 Å². The third kappa shape index (κ3) is 4.29. The van der Waals surface area contributed by atoms with E-state index in [1.54, 1.807) is 13.8 Å². The second kappa shape index (κ2) is 7.41. The average Bonchev–Trinajstić information content (AvgIpc) is 2.54. The Kier molecular flexibility index (Phi) is 5.69. The Hall–Kier alpha value is -2.12. The number of carbonyl (C=O) groups is 1. The number of rotatable bonds is 5. The number of nitrogens with zero attached hydrogens (tertiary/aromatic N) is 1. The van der Waals surface area contributed by atoms with E-state index in [1.165, 1.54) is 37.4 Å². The molecule has 0 fully saturated rings.